The van der Waals surface area contributed by atoms with E-state index in [-0.39, 0.29) is 0 Å². The minimum absolute atomic E-state index is 0.523. The Balaban J connectivity index is 1.71. The third-order valence-electron chi connectivity index (χ3n) is 4.61. The Hall–Kier alpha value is -1.85. The Morgan fingerprint density at radius 1 is 1.39 bits per heavy atom. The van der Waals surface area contributed by atoms with E-state index in [4.69, 9.17) is 4.98 Å². The predicted molar refractivity (Wildman–Crippen MR) is 97.0 cm³/mol. The first kappa shape index (κ1) is 14.7. The Bertz CT molecular complexity index is 798. The molecular weight excluding hydrogens is 304 g/mol. The molecule has 23 heavy (non-hydrogen) atoms. The molecule has 0 saturated carbocycles. The quantitative estimate of drug-likeness (QED) is 0.756. The number of aromatic nitrogens is 2. The number of para-hydroxylation sites is 1. The summed E-state index contributed by atoms with van der Waals surface area (Å²) in [6.45, 7) is 4.36. The van der Waals surface area contributed by atoms with Crippen molar-refractivity contribution in [2.75, 3.05) is 18.4 Å². The number of anilines is 2. The number of hydrogen-bond donors (Lipinski definition) is 2. The number of thiazole rings is 1. The van der Waals surface area contributed by atoms with E-state index in [0.29, 0.717) is 5.92 Å². The van der Waals surface area contributed by atoms with Gasteiger partial charge in [-0.05, 0) is 37.4 Å². The van der Waals surface area contributed by atoms with Gasteiger partial charge in [-0.25, -0.2) is 4.98 Å². The van der Waals surface area contributed by atoms with Gasteiger partial charge in [0.2, 0.25) is 5.95 Å². The summed E-state index contributed by atoms with van der Waals surface area (Å²) in [5.74, 6) is 1.46. The fourth-order valence-electron chi connectivity index (χ4n) is 3.36. The summed E-state index contributed by atoms with van der Waals surface area (Å²) in [6, 6.07) is 8.47. The van der Waals surface area contributed by atoms with E-state index in [9.17, 15) is 0 Å². The second-order valence-corrected chi connectivity index (χ2v) is 6.97. The molecule has 1 fully saturated rings. The van der Waals surface area contributed by atoms with Crippen LogP contribution < -0.4 is 10.6 Å². The molecular formula is C18H22N4S. The summed E-state index contributed by atoms with van der Waals surface area (Å²) >= 11 is 1.78. The lowest BCUT2D eigenvalue weighted by Gasteiger charge is -2.20. The van der Waals surface area contributed by atoms with Crippen LogP contribution in [-0.4, -0.2) is 22.5 Å². The summed E-state index contributed by atoms with van der Waals surface area (Å²) in [5, 5.41) is 9.20. The van der Waals surface area contributed by atoms with Crippen molar-refractivity contribution in [2.45, 2.75) is 32.1 Å². The summed E-state index contributed by atoms with van der Waals surface area (Å²) in [5.41, 5.74) is 3.71. The van der Waals surface area contributed by atoms with Gasteiger partial charge < -0.3 is 10.6 Å². The fraction of sp³-hybridized carbons (Fsp3) is 0.389. The molecule has 4 rings (SSSR count). The number of imidazole rings is 1. The molecule has 0 amide bonds. The van der Waals surface area contributed by atoms with Crippen LogP contribution in [0.5, 0.6) is 0 Å². The van der Waals surface area contributed by atoms with Gasteiger partial charge in [-0.15, -0.1) is 11.3 Å². The molecule has 4 nitrogen and oxygen atoms in total. The van der Waals surface area contributed by atoms with Gasteiger partial charge in [-0.3, -0.25) is 4.40 Å². The highest BCUT2D eigenvalue weighted by Crippen LogP contribution is 2.32. The van der Waals surface area contributed by atoms with E-state index in [0.717, 1.165) is 31.1 Å². The molecule has 2 N–H and O–H groups in total. The van der Waals surface area contributed by atoms with Crippen LogP contribution in [0.2, 0.25) is 0 Å². The molecule has 3 heterocycles. The molecule has 120 valence electrons. The Morgan fingerprint density at radius 3 is 3.13 bits per heavy atom. The fourth-order valence-corrected chi connectivity index (χ4v) is 4.26. The van der Waals surface area contributed by atoms with Crippen LogP contribution in [0.1, 0.15) is 36.9 Å². The van der Waals surface area contributed by atoms with Gasteiger partial charge in [0.25, 0.3) is 0 Å². The topological polar surface area (TPSA) is 41.4 Å². The summed E-state index contributed by atoms with van der Waals surface area (Å²) in [6.07, 6.45) is 5.59. The number of fused-ring (bicyclic) bond motifs is 1. The number of nitrogens with one attached hydrogen (secondary N) is 2. The minimum atomic E-state index is 0.523. The largest absolute Gasteiger partial charge is 0.325 e. The van der Waals surface area contributed by atoms with Gasteiger partial charge in [0.15, 0.2) is 0 Å². The molecule has 1 aliphatic rings. The molecule has 1 aromatic carbocycles. The summed E-state index contributed by atoms with van der Waals surface area (Å²) in [4.78, 5) is 6.24. The zero-order valence-corrected chi connectivity index (χ0v) is 14.2. The molecule has 2 aromatic heterocycles. The molecule has 1 atom stereocenters. The molecule has 0 radical (unpaired) electrons. The standard InChI is InChI=1S/C18H22N4S/c1-2-13-6-3-4-8-15(13)20-18-21-16(14-7-5-9-19-12-14)17-22(18)10-11-23-17/h3-4,6,8,10-11,14,19H,2,5,7,9,12H2,1H3,(H,20,21). The molecule has 0 spiro atoms. The van der Waals surface area contributed by atoms with Gasteiger partial charge in [0.05, 0.1) is 5.69 Å². The summed E-state index contributed by atoms with van der Waals surface area (Å²) in [7, 11) is 0. The van der Waals surface area contributed by atoms with Crippen LogP contribution in [0.3, 0.4) is 0 Å². The zero-order valence-electron chi connectivity index (χ0n) is 13.4. The lowest BCUT2D eigenvalue weighted by Crippen LogP contribution is -2.28. The first-order valence-corrected chi connectivity index (χ1v) is 9.26. The van der Waals surface area contributed by atoms with Crippen LogP contribution in [0.4, 0.5) is 11.6 Å². The smallest absolute Gasteiger partial charge is 0.213 e. The lowest BCUT2D eigenvalue weighted by molar-refractivity contribution is 0.458. The first-order chi connectivity index (χ1) is 11.4. The average Bonchev–Trinajstić information content (AvgIpc) is 3.20. The highest BCUT2D eigenvalue weighted by atomic mass is 32.1. The molecule has 1 unspecified atom stereocenters. The number of nitrogens with zero attached hydrogens (tertiary/aromatic N) is 2. The maximum Gasteiger partial charge on any atom is 0.213 e. The van der Waals surface area contributed by atoms with Gasteiger partial charge in [0.1, 0.15) is 4.83 Å². The van der Waals surface area contributed by atoms with Crippen LogP contribution in [0, 0.1) is 0 Å². The second kappa shape index (κ2) is 6.34. The molecule has 0 aliphatic carbocycles. The van der Waals surface area contributed by atoms with Crippen molar-refractivity contribution in [3.63, 3.8) is 0 Å². The van der Waals surface area contributed by atoms with Crippen molar-refractivity contribution in [1.82, 2.24) is 14.7 Å². The molecule has 3 aromatic rings. The van der Waals surface area contributed by atoms with Crippen molar-refractivity contribution in [1.29, 1.82) is 0 Å². The number of aryl methyl sites for hydroxylation is 1. The van der Waals surface area contributed by atoms with Gasteiger partial charge in [-0.2, -0.15) is 0 Å². The normalized spacial score (nSPS) is 18.4. The van der Waals surface area contributed by atoms with Crippen LogP contribution in [-0.2, 0) is 6.42 Å². The number of rotatable bonds is 4. The Morgan fingerprint density at radius 2 is 2.30 bits per heavy atom. The van der Waals surface area contributed by atoms with Crippen LogP contribution in [0.25, 0.3) is 4.83 Å². The first-order valence-electron chi connectivity index (χ1n) is 8.38. The van der Waals surface area contributed by atoms with E-state index in [2.05, 4.69) is 57.8 Å². The van der Waals surface area contributed by atoms with Crippen molar-refractivity contribution in [3.8, 4) is 0 Å². The van der Waals surface area contributed by atoms with E-state index >= 15 is 0 Å². The summed E-state index contributed by atoms with van der Waals surface area (Å²) < 4.78 is 2.20. The lowest BCUT2D eigenvalue weighted by atomic mass is 9.97. The monoisotopic (exact) mass is 326 g/mol. The van der Waals surface area contributed by atoms with Crippen molar-refractivity contribution < 1.29 is 0 Å². The third kappa shape index (κ3) is 2.75. The molecule has 1 saturated heterocycles. The maximum absolute atomic E-state index is 4.97. The molecule has 1 aliphatic heterocycles. The number of benzene rings is 1. The van der Waals surface area contributed by atoms with Crippen molar-refractivity contribution in [3.05, 3.63) is 47.1 Å². The van der Waals surface area contributed by atoms with Crippen LogP contribution >= 0.6 is 11.3 Å². The number of hydrogen-bond acceptors (Lipinski definition) is 4. The van der Waals surface area contributed by atoms with Gasteiger partial charge in [-0.1, -0.05) is 25.1 Å². The SMILES string of the molecule is CCc1ccccc1Nc1nc(C2CCCNC2)c2sccn12. The van der Waals surface area contributed by atoms with Gasteiger partial charge >= 0.3 is 0 Å². The molecule has 0 bridgehead atoms. The van der Waals surface area contributed by atoms with Crippen molar-refractivity contribution in [2.24, 2.45) is 0 Å². The van der Waals surface area contributed by atoms with E-state index in [1.165, 1.54) is 28.9 Å². The van der Waals surface area contributed by atoms with Crippen molar-refractivity contribution >= 4 is 27.8 Å². The molecule has 5 heteroatoms. The zero-order chi connectivity index (χ0) is 15.6. The Labute approximate surface area is 140 Å². The van der Waals surface area contributed by atoms with E-state index in [1.54, 1.807) is 11.3 Å². The third-order valence-corrected chi connectivity index (χ3v) is 5.50. The maximum atomic E-state index is 4.97. The van der Waals surface area contributed by atoms with E-state index < -0.39 is 0 Å². The number of piperidine rings is 1. The highest BCUT2D eigenvalue weighted by Gasteiger charge is 2.23. The Kier molecular flexibility index (Phi) is 4.06. The minimum Gasteiger partial charge on any atom is -0.325 e. The van der Waals surface area contributed by atoms with E-state index in [1.807, 2.05) is 0 Å². The second-order valence-electron chi connectivity index (χ2n) is 6.08. The van der Waals surface area contributed by atoms with Crippen LogP contribution in [0.15, 0.2) is 35.8 Å². The predicted octanol–water partition coefficient (Wildman–Crippen LogP) is 4.17. The highest BCUT2D eigenvalue weighted by molar-refractivity contribution is 7.15. The van der Waals surface area contributed by atoms with Gasteiger partial charge in [0, 0.05) is 29.7 Å². The average molecular weight is 326 g/mol.